The van der Waals surface area contributed by atoms with Crippen LogP contribution in [0, 0.1) is 6.92 Å². The molecule has 0 fully saturated rings. The van der Waals surface area contributed by atoms with Crippen molar-refractivity contribution in [1.82, 2.24) is 24.9 Å². The van der Waals surface area contributed by atoms with Crippen molar-refractivity contribution < 1.29 is 8.42 Å². The molecule has 2 aromatic heterocycles. The van der Waals surface area contributed by atoms with Crippen molar-refractivity contribution in [2.45, 2.75) is 18.2 Å². The number of H-pyrrole nitrogens is 1. The first-order valence-electron chi connectivity index (χ1n) is 9.94. The van der Waals surface area contributed by atoms with Crippen molar-refractivity contribution >= 4 is 50.0 Å². The standard InChI is InChI=1S/C21H22ClN7O2S/c1-14-6-8-17(9-7-14)32(30,31)26-11-3-10-23-20-18-19(24-13-25-21(18)29-28-20)27-16-5-2-4-15(22)12-16/h2,4-9,12-13,26H,3,10-11H2,1H3,(H3,23,24,25,27,28,29). The maximum Gasteiger partial charge on any atom is 0.240 e. The lowest BCUT2D eigenvalue weighted by molar-refractivity contribution is 0.580. The molecular weight excluding hydrogens is 450 g/mol. The lowest BCUT2D eigenvalue weighted by Crippen LogP contribution is -2.26. The van der Waals surface area contributed by atoms with Crippen LogP contribution in [0.3, 0.4) is 0 Å². The van der Waals surface area contributed by atoms with Gasteiger partial charge in [0.25, 0.3) is 0 Å². The first-order chi connectivity index (χ1) is 15.4. The Hall–Kier alpha value is -3.21. The van der Waals surface area contributed by atoms with Gasteiger partial charge in [-0.1, -0.05) is 35.4 Å². The molecule has 0 saturated carbocycles. The van der Waals surface area contributed by atoms with Crippen molar-refractivity contribution in [2.24, 2.45) is 0 Å². The third-order valence-corrected chi connectivity index (χ3v) is 6.43. The number of anilines is 3. The topological polar surface area (TPSA) is 125 Å². The number of aromatic nitrogens is 4. The van der Waals surface area contributed by atoms with E-state index in [9.17, 15) is 8.42 Å². The number of hydrogen-bond donors (Lipinski definition) is 4. The van der Waals surface area contributed by atoms with E-state index in [1.807, 2.05) is 19.1 Å². The summed E-state index contributed by atoms with van der Waals surface area (Å²) in [6.07, 6.45) is 2.00. The average Bonchev–Trinajstić information content (AvgIpc) is 3.18. The van der Waals surface area contributed by atoms with Crippen LogP contribution in [0.25, 0.3) is 11.0 Å². The number of halogens is 1. The van der Waals surface area contributed by atoms with E-state index in [-0.39, 0.29) is 11.4 Å². The second-order valence-corrected chi connectivity index (χ2v) is 9.35. The van der Waals surface area contributed by atoms with Crippen molar-refractivity contribution in [3.05, 3.63) is 65.4 Å². The van der Waals surface area contributed by atoms with Gasteiger partial charge in [0.2, 0.25) is 10.0 Å². The van der Waals surface area contributed by atoms with Crippen LogP contribution >= 0.6 is 11.6 Å². The molecular formula is C21H22ClN7O2S. The zero-order valence-corrected chi connectivity index (χ0v) is 18.8. The molecule has 32 heavy (non-hydrogen) atoms. The highest BCUT2D eigenvalue weighted by atomic mass is 35.5. The second-order valence-electron chi connectivity index (χ2n) is 7.14. The highest BCUT2D eigenvalue weighted by Gasteiger charge is 2.14. The molecule has 166 valence electrons. The quantitative estimate of drug-likeness (QED) is 0.273. The van der Waals surface area contributed by atoms with Crippen molar-refractivity contribution in [3.63, 3.8) is 0 Å². The molecule has 4 aromatic rings. The summed E-state index contributed by atoms with van der Waals surface area (Å²) in [4.78, 5) is 8.79. The fourth-order valence-electron chi connectivity index (χ4n) is 3.09. The van der Waals surface area contributed by atoms with Crippen LogP contribution in [0.15, 0.2) is 59.8 Å². The molecule has 0 aliphatic heterocycles. The van der Waals surface area contributed by atoms with E-state index < -0.39 is 10.0 Å². The van der Waals surface area contributed by atoms with Gasteiger partial charge >= 0.3 is 0 Å². The maximum absolute atomic E-state index is 12.4. The van der Waals surface area contributed by atoms with Gasteiger partial charge in [0.15, 0.2) is 11.5 Å². The van der Waals surface area contributed by atoms with Gasteiger partial charge in [0.1, 0.15) is 17.5 Å². The first kappa shape index (κ1) is 22.0. The Morgan fingerprint density at radius 3 is 2.62 bits per heavy atom. The number of benzene rings is 2. The van der Waals surface area contributed by atoms with Gasteiger partial charge in [-0.2, -0.15) is 5.10 Å². The molecule has 0 saturated heterocycles. The van der Waals surface area contributed by atoms with Gasteiger partial charge in [-0.25, -0.2) is 23.1 Å². The number of sulfonamides is 1. The minimum atomic E-state index is -3.53. The van der Waals surface area contributed by atoms with Crippen molar-refractivity contribution in [2.75, 3.05) is 23.7 Å². The molecule has 4 rings (SSSR count). The fourth-order valence-corrected chi connectivity index (χ4v) is 4.35. The molecule has 0 spiro atoms. The largest absolute Gasteiger partial charge is 0.368 e. The van der Waals surface area contributed by atoms with E-state index >= 15 is 0 Å². The fraction of sp³-hybridized carbons (Fsp3) is 0.190. The lowest BCUT2D eigenvalue weighted by atomic mass is 10.2. The van der Waals surface area contributed by atoms with Crippen LogP contribution in [-0.2, 0) is 10.0 Å². The van der Waals surface area contributed by atoms with E-state index in [0.29, 0.717) is 40.7 Å². The Morgan fingerprint density at radius 1 is 1.03 bits per heavy atom. The Balaban J connectivity index is 1.38. The summed E-state index contributed by atoms with van der Waals surface area (Å²) in [6, 6.07) is 14.1. The second kappa shape index (κ2) is 9.51. The number of aryl methyl sites for hydroxylation is 1. The van der Waals surface area contributed by atoms with Crippen molar-refractivity contribution in [1.29, 1.82) is 0 Å². The third kappa shape index (κ3) is 5.16. The number of hydrogen-bond acceptors (Lipinski definition) is 7. The number of nitrogens with one attached hydrogen (secondary N) is 4. The smallest absolute Gasteiger partial charge is 0.240 e. The number of rotatable bonds is 9. The Bertz CT molecular complexity index is 1320. The Morgan fingerprint density at radius 2 is 1.84 bits per heavy atom. The highest BCUT2D eigenvalue weighted by molar-refractivity contribution is 7.89. The SMILES string of the molecule is Cc1ccc(S(=O)(=O)NCCCNc2n[nH]c3ncnc(Nc4cccc(Cl)c4)c23)cc1. The molecule has 0 atom stereocenters. The van der Waals surface area contributed by atoms with E-state index in [2.05, 4.69) is 35.5 Å². The number of aromatic amines is 1. The monoisotopic (exact) mass is 471 g/mol. The van der Waals surface area contributed by atoms with Gasteiger partial charge in [-0.05, 0) is 43.7 Å². The minimum absolute atomic E-state index is 0.253. The predicted molar refractivity (Wildman–Crippen MR) is 126 cm³/mol. The van der Waals surface area contributed by atoms with Gasteiger partial charge in [0, 0.05) is 23.8 Å². The zero-order chi connectivity index (χ0) is 22.6. The molecule has 2 aromatic carbocycles. The van der Waals surface area contributed by atoms with E-state index in [0.717, 1.165) is 11.3 Å². The molecule has 2 heterocycles. The molecule has 11 heteroatoms. The normalized spacial score (nSPS) is 11.6. The molecule has 4 N–H and O–H groups in total. The minimum Gasteiger partial charge on any atom is -0.368 e. The Labute approximate surface area is 190 Å². The van der Waals surface area contributed by atoms with Crippen molar-refractivity contribution in [3.8, 4) is 0 Å². The lowest BCUT2D eigenvalue weighted by Gasteiger charge is -2.09. The molecule has 0 bridgehead atoms. The predicted octanol–water partition coefficient (Wildman–Crippen LogP) is 3.84. The number of fused-ring (bicyclic) bond motifs is 1. The van der Waals surface area contributed by atoms with E-state index in [4.69, 9.17) is 11.6 Å². The summed E-state index contributed by atoms with van der Waals surface area (Å²) in [7, 11) is -3.53. The summed E-state index contributed by atoms with van der Waals surface area (Å²) in [6.45, 7) is 2.70. The average molecular weight is 472 g/mol. The summed E-state index contributed by atoms with van der Waals surface area (Å²) < 4.78 is 27.4. The molecule has 0 amide bonds. The zero-order valence-electron chi connectivity index (χ0n) is 17.3. The van der Waals surface area contributed by atoms with E-state index in [1.54, 1.807) is 36.4 Å². The summed E-state index contributed by atoms with van der Waals surface area (Å²) in [5.74, 6) is 1.15. The van der Waals surface area contributed by atoms with Gasteiger partial charge in [-0.3, -0.25) is 5.10 Å². The summed E-state index contributed by atoms with van der Waals surface area (Å²) in [5, 5.41) is 14.9. The molecule has 0 unspecified atom stereocenters. The first-order valence-corrected chi connectivity index (χ1v) is 11.8. The van der Waals surface area contributed by atoms with Crippen LogP contribution in [0.4, 0.5) is 17.3 Å². The van der Waals surface area contributed by atoms with Gasteiger partial charge in [-0.15, -0.1) is 0 Å². The third-order valence-electron chi connectivity index (χ3n) is 4.71. The highest BCUT2D eigenvalue weighted by Crippen LogP contribution is 2.28. The molecule has 0 aliphatic carbocycles. The van der Waals surface area contributed by atoms with Crippen LogP contribution in [0.1, 0.15) is 12.0 Å². The van der Waals surface area contributed by atoms with Crippen LogP contribution in [0.5, 0.6) is 0 Å². The summed E-state index contributed by atoms with van der Waals surface area (Å²) >= 11 is 6.06. The maximum atomic E-state index is 12.4. The van der Waals surface area contributed by atoms with E-state index in [1.165, 1.54) is 6.33 Å². The molecule has 0 aliphatic rings. The van der Waals surface area contributed by atoms with Gasteiger partial charge in [0.05, 0.1) is 4.90 Å². The molecule has 9 nitrogen and oxygen atoms in total. The Kier molecular flexibility index (Phi) is 6.54. The van der Waals surface area contributed by atoms with Crippen LogP contribution in [0.2, 0.25) is 5.02 Å². The van der Waals surface area contributed by atoms with Crippen LogP contribution in [-0.4, -0.2) is 41.7 Å². The molecule has 0 radical (unpaired) electrons. The summed E-state index contributed by atoms with van der Waals surface area (Å²) in [5.41, 5.74) is 2.37. The number of nitrogens with zero attached hydrogens (tertiary/aromatic N) is 3. The van der Waals surface area contributed by atoms with Crippen LogP contribution < -0.4 is 15.4 Å². The van der Waals surface area contributed by atoms with Gasteiger partial charge < -0.3 is 10.6 Å².